The second kappa shape index (κ2) is 7.81. The van der Waals surface area contributed by atoms with Gasteiger partial charge in [-0.2, -0.15) is 0 Å². The second-order valence-electron chi connectivity index (χ2n) is 5.63. The van der Waals surface area contributed by atoms with Crippen LogP contribution in [0.5, 0.6) is 5.75 Å². The molecule has 4 nitrogen and oxygen atoms in total. The predicted octanol–water partition coefficient (Wildman–Crippen LogP) is 4.74. The van der Waals surface area contributed by atoms with E-state index >= 15 is 0 Å². The van der Waals surface area contributed by atoms with Gasteiger partial charge in [-0.1, -0.05) is 54.1 Å². The van der Waals surface area contributed by atoms with Crippen molar-refractivity contribution in [2.75, 3.05) is 11.4 Å². The molecule has 3 rings (SSSR count). The number of rotatable bonds is 6. The predicted molar refractivity (Wildman–Crippen MR) is 104 cm³/mol. The molecule has 0 saturated heterocycles. The van der Waals surface area contributed by atoms with Crippen molar-refractivity contribution in [2.24, 2.45) is 0 Å². The van der Waals surface area contributed by atoms with Gasteiger partial charge in [0, 0.05) is 0 Å². The van der Waals surface area contributed by atoms with Crippen molar-refractivity contribution in [3.8, 4) is 5.75 Å². The Kier molecular flexibility index (Phi) is 5.49. The van der Waals surface area contributed by atoms with Crippen molar-refractivity contribution in [3.63, 3.8) is 0 Å². The number of ether oxygens (including phenoxy) is 1. The fraction of sp³-hybridized carbons (Fsp3) is 0.100. The van der Waals surface area contributed by atoms with Crippen LogP contribution in [0.2, 0.25) is 5.02 Å². The highest BCUT2D eigenvalue weighted by Gasteiger charge is 2.27. The van der Waals surface area contributed by atoms with Gasteiger partial charge in [0.2, 0.25) is 0 Å². The second-order valence-corrected chi connectivity index (χ2v) is 7.86. The van der Waals surface area contributed by atoms with Crippen LogP contribution in [0.4, 0.5) is 5.69 Å². The smallest absolute Gasteiger partial charge is 0.266 e. The van der Waals surface area contributed by atoms with Crippen LogP contribution in [0.3, 0.4) is 0 Å². The van der Waals surface area contributed by atoms with Crippen LogP contribution in [0, 0.1) is 0 Å². The number of benzene rings is 3. The molecule has 0 aromatic heterocycles. The number of sulfonamides is 1. The Morgan fingerprint density at radius 3 is 2.12 bits per heavy atom. The van der Waals surface area contributed by atoms with E-state index in [-0.39, 0.29) is 16.5 Å². The normalized spacial score (nSPS) is 11.2. The van der Waals surface area contributed by atoms with Crippen LogP contribution >= 0.6 is 11.6 Å². The Bertz CT molecular complexity index is 973. The lowest BCUT2D eigenvalue weighted by Gasteiger charge is -2.25. The summed E-state index contributed by atoms with van der Waals surface area (Å²) in [4.78, 5) is 0.0772. The average molecular weight is 388 g/mol. The summed E-state index contributed by atoms with van der Waals surface area (Å²) in [7, 11) is -2.28. The lowest BCUT2D eigenvalue weighted by atomic mass is 10.2. The Balaban J connectivity index is 2.08. The van der Waals surface area contributed by atoms with Crippen LogP contribution in [0.1, 0.15) is 5.56 Å². The first-order valence-corrected chi connectivity index (χ1v) is 9.79. The van der Waals surface area contributed by atoms with Gasteiger partial charge in [0.05, 0.1) is 24.4 Å². The van der Waals surface area contributed by atoms with Gasteiger partial charge in [-0.05, 0) is 42.0 Å². The summed E-state index contributed by atoms with van der Waals surface area (Å²) in [6, 6.07) is 22.8. The first kappa shape index (κ1) is 18.3. The zero-order valence-corrected chi connectivity index (χ0v) is 15.7. The SMILES string of the molecule is COc1ccc(N(Cc2ccccc2)S(=O)(=O)c2ccccc2Cl)cc1. The number of hydrogen-bond acceptors (Lipinski definition) is 3. The van der Waals surface area contributed by atoms with Gasteiger partial charge in [-0.3, -0.25) is 4.31 Å². The van der Waals surface area contributed by atoms with E-state index in [1.54, 1.807) is 49.6 Å². The third kappa shape index (κ3) is 3.84. The summed E-state index contributed by atoms with van der Waals surface area (Å²) in [5.74, 6) is 0.656. The molecule has 3 aromatic carbocycles. The molecule has 0 aliphatic carbocycles. The van der Waals surface area contributed by atoms with E-state index in [1.165, 1.54) is 10.4 Å². The highest BCUT2D eigenvalue weighted by atomic mass is 35.5. The van der Waals surface area contributed by atoms with Gasteiger partial charge in [-0.25, -0.2) is 8.42 Å². The van der Waals surface area contributed by atoms with E-state index in [1.807, 2.05) is 30.3 Å². The van der Waals surface area contributed by atoms with E-state index in [2.05, 4.69) is 0 Å². The number of hydrogen-bond donors (Lipinski definition) is 0. The molecule has 0 amide bonds. The number of methoxy groups -OCH3 is 1. The monoisotopic (exact) mass is 387 g/mol. The molecule has 0 N–H and O–H groups in total. The van der Waals surface area contributed by atoms with Crippen LogP contribution in [0.15, 0.2) is 83.8 Å². The van der Waals surface area contributed by atoms with Crippen molar-refractivity contribution < 1.29 is 13.2 Å². The molecule has 0 radical (unpaired) electrons. The summed E-state index contributed by atoms with van der Waals surface area (Å²) in [5.41, 5.74) is 1.41. The van der Waals surface area contributed by atoms with E-state index < -0.39 is 10.0 Å². The summed E-state index contributed by atoms with van der Waals surface area (Å²) in [6.07, 6.45) is 0. The molecule has 0 saturated carbocycles. The topological polar surface area (TPSA) is 46.6 Å². The molecule has 3 aromatic rings. The van der Waals surface area contributed by atoms with E-state index in [0.717, 1.165) is 5.56 Å². The van der Waals surface area contributed by atoms with Gasteiger partial charge in [-0.15, -0.1) is 0 Å². The molecular weight excluding hydrogens is 370 g/mol. The molecule has 26 heavy (non-hydrogen) atoms. The lowest BCUT2D eigenvalue weighted by molar-refractivity contribution is 0.415. The lowest BCUT2D eigenvalue weighted by Crippen LogP contribution is -2.30. The highest BCUT2D eigenvalue weighted by Crippen LogP contribution is 2.30. The molecule has 0 aliphatic rings. The average Bonchev–Trinajstić information content (AvgIpc) is 2.67. The minimum Gasteiger partial charge on any atom is -0.497 e. The number of nitrogens with zero attached hydrogens (tertiary/aromatic N) is 1. The molecule has 0 spiro atoms. The third-order valence-corrected chi connectivity index (χ3v) is 6.21. The van der Waals surface area contributed by atoms with Crippen LogP contribution in [-0.2, 0) is 16.6 Å². The van der Waals surface area contributed by atoms with Crippen molar-refractivity contribution in [3.05, 3.63) is 89.4 Å². The van der Waals surface area contributed by atoms with Gasteiger partial charge in [0.1, 0.15) is 10.6 Å². The molecule has 0 aliphatic heterocycles. The van der Waals surface area contributed by atoms with E-state index in [0.29, 0.717) is 11.4 Å². The van der Waals surface area contributed by atoms with Crippen LogP contribution in [0.25, 0.3) is 0 Å². The Morgan fingerprint density at radius 2 is 1.50 bits per heavy atom. The quantitative estimate of drug-likeness (QED) is 0.613. The van der Waals surface area contributed by atoms with Gasteiger partial charge in [0.25, 0.3) is 10.0 Å². The fourth-order valence-electron chi connectivity index (χ4n) is 2.59. The number of anilines is 1. The van der Waals surface area contributed by atoms with Crippen LogP contribution in [-0.4, -0.2) is 15.5 Å². The van der Waals surface area contributed by atoms with Crippen molar-refractivity contribution >= 4 is 27.3 Å². The maximum absolute atomic E-state index is 13.3. The maximum Gasteiger partial charge on any atom is 0.266 e. The largest absolute Gasteiger partial charge is 0.497 e. The zero-order chi connectivity index (χ0) is 18.6. The van der Waals surface area contributed by atoms with Crippen LogP contribution < -0.4 is 9.04 Å². The summed E-state index contributed by atoms with van der Waals surface area (Å²) in [6.45, 7) is 0.195. The highest BCUT2D eigenvalue weighted by molar-refractivity contribution is 7.93. The molecule has 0 unspecified atom stereocenters. The fourth-order valence-corrected chi connectivity index (χ4v) is 4.53. The summed E-state index contributed by atoms with van der Waals surface area (Å²) in [5, 5.41) is 0.194. The molecule has 6 heteroatoms. The van der Waals surface area contributed by atoms with Crippen molar-refractivity contribution in [1.29, 1.82) is 0 Å². The molecule has 134 valence electrons. The van der Waals surface area contributed by atoms with Gasteiger partial charge < -0.3 is 4.74 Å². The first-order valence-electron chi connectivity index (χ1n) is 7.97. The Labute approximate surface area is 158 Å². The third-order valence-electron chi connectivity index (χ3n) is 3.93. The van der Waals surface area contributed by atoms with Crippen molar-refractivity contribution in [2.45, 2.75) is 11.4 Å². The van der Waals surface area contributed by atoms with Crippen molar-refractivity contribution in [1.82, 2.24) is 0 Å². The standard InChI is InChI=1S/C20H18ClNO3S/c1-25-18-13-11-17(12-14-18)22(15-16-7-3-2-4-8-16)26(23,24)20-10-6-5-9-19(20)21/h2-14H,15H2,1H3. The zero-order valence-electron chi connectivity index (χ0n) is 14.2. The molecular formula is C20H18ClNO3S. The Hall–Kier alpha value is -2.50. The summed E-state index contributed by atoms with van der Waals surface area (Å²) >= 11 is 6.17. The van der Waals surface area contributed by atoms with E-state index in [4.69, 9.17) is 16.3 Å². The number of halogens is 1. The molecule has 0 bridgehead atoms. The van der Waals surface area contributed by atoms with Gasteiger partial charge in [0.15, 0.2) is 0 Å². The molecule has 0 atom stereocenters. The summed E-state index contributed by atoms with van der Waals surface area (Å²) < 4.78 is 33.2. The molecule has 0 fully saturated rings. The minimum atomic E-state index is -3.84. The Morgan fingerprint density at radius 1 is 0.885 bits per heavy atom. The maximum atomic E-state index is 13.3. The van der Waals surface area contributed by atoms with Gasteiger partial charge >= 0.3 is 0 Å². The minimum absolute atomic E-state index is 0.0772. The van der Waals surface area contributed by atoms with E-state index in [9.17, 15) is 8.42 Å². The first-order chi connectivity index (χ1) is 12.5. The molecule has 0 heterocycles.